The van der Waals surface area contributed by atoms with E-state index in [0.29, 0.717) is 17.5 Å². The molecule has 9 aromatic heterocycles. The van der Waals surface area contributed by atoms with Gasteiger partial charge in [0.1, 0.15) is 0 Å². The third kappa shape index (κ3) is 16.8. The van der Waals surface area contributed by atoms with Crippen LogP contribution in [0.1, 0.15) is 25.0 Å². The Kier molecular flexibility index (Phi) is 22.7. The highest BCUT2D eigenvalue weighted by molar-refractivity contribution is 7.26. The summed E-state index contributed by atoms with van der Waals surface area (Å²) in [5.41, 5.74) is 33.4. The molecule has 0 bridgehead atoms. The quantitative estimate of drug-likeness (QED) is 0.0989. The molecular formula is C134H87N9S3. The van der Waals surface area contributed by atoms with Crippen LogP contribution in [0.5, 0.6) is 0 Å². The van der Waals surface area contributed by atoms with Gasteiger partial charge in [0, 0.05) is 170 Å². The molecule has 0 saturated carbocycles. The fourth-order valence-corrected chi connectivity index (χ4v) is 24.1. The zero-order valence-corrected chi connectivity index (χ0v) is 82.0. The molecule has 9 nitrogen and oxygen atoms in total. The monoisotopic (exact) mass is 1920 g/mol. The van der Waals surface area contributed by atoms with Crippen molar-refractivity contribution in [3.8, 4) is 180 Å². The molecule has 0 spiro atoms. The SMILES string of the molecule is CC1(C)c2ccccc2-c2ccc(-c3ccc(-c4cc(-c5ccc6sc7ccccc7c6c5)nc(-c5ccccc5-c5cccnc5)n4)cc3)cc21.c1cncc(-c2ccccc2-c2nc(-c3ccc(-c4ccc5ccccc5c4)cc3)cc(-c3ccc4sc5ccccc5c4c3)n2)c1.c1cncc(-c2ccccc2-c2nc(-c3ccc(-c4cccc5ccccc45)cc3)cc(-c3ccc4sc5ccccc5c4c3)n2)c1. The van der Waals surface area contributed by atoms with Gasteiger partial charge in [0.05, 0.1) is 34.2 Å². The van der Waals surface area contributed by atoms with Crippen molar-refractivity contribution >= 4 is 116 Å². The van der Waals surface area contributed by atoms with E-state index in [2.05, 4.69) is 453 Å². The summed E-state index contributed by atoms with van der Waals surface area (Å²) in [7, 11) is 0. The van der Waals surface area contributed by atoms with Crippen molar-refractivity contribution in [1.29, 1.82) is 0 Å². The Hall–Kier alpha value is -18.2. The molecule has 0 aliphatic heterocycles. The van der Waals surface area contributed by atoms with Crippen molar-refractivity contribution in [3.63, 3.8) is 0 Å². The first kappa shape index (κ1) is 88.0. The number of hydrogen-bond donors (Lipinski definition) is 0. The van der Waals surface area contributed by atoms with Crippen molar-refractivity contribution in [2.45, 2.75) is 19.3 Å². The van der Waals surface area contributed by atoms with Crippen LogP contribution in [0.3, 0.4) is 0 Å². The van der Waals surface area contributed by atoms with Gasteiger partial charge in [-0.2, -0.15) is 0 Å². The van der Waals surface area contributed by atoms with Gasteiger partial charge in [-0.05, 0) is 197 Å². The first-order valence-electron chi connectivity index (χ1n) is 49.0. The molecule has 0 atom stereocenters. The number of pyridine rings is 3. The molecule has 0 saturated heterocycles. The van der Waals surface area contributed by atoms with Gasteiger partial charge < -0.3 is 0 Å². The van der Waals surface area contributed by atoms with Gasteiger partial charge in [-0.1, -0.05) is 366 Å². The Bertz CT molecular complexity index is 9710. The molecule has 0 N–H and O–H groups in total. The lowest BCUT2D eigenvalue weighted by Gasteiger charge is -2.22. The Labute approximate surface area is 856 Å². The molecule has 18 aromatic carbocycles. The molecule has 686 valence electrons. The van der Waals surface area contributed by atoms with Crippen molar-refractivity contribution < 1.29 is 0 Å². The number of benzene rings is 18. The van der Waals surface area contributed by atoms with Gasteiger partial charge >= 0.3 is 0 Å². The molecule has 27 aromatic rings. The minimum atomic E-state index is -0.0416. The largest absolute Gasteiger partial charge is 0.264 e. The first-order chi connectivity index (χ1) is 72.1. The van der Waals surface area contributed by atoms with Crippen LogP contribution in [0.4, 0.5) is 0 Å². The highest BCUT2D eigenvalue weighted by Crippen LogP contribution is 2.51. The minimum Gasteiger partial charge on any atom is -0.264 e. The van der Waals surface area contributed by atoms with Crippen molar-refractivity contribution in [2.75, 3.05) is 0 Å². The van der Waals surface area contributed by atoms with Crippen molar-refractivity contribution in [1.82, 2.24) is 44.9 Å². The number of thiophene rings is 3. The van der Waals surface area contributed by atoms with Gasteiger partial charge in [0.15, 0.2) is 17.5 Å². The van der Waals surface area contributed by atoms with Crippen molar-refractivity contribution in [2.24, 2.45) is 0 Å². The molecule has 9 heterocycles. The second-order valence-corrected chi connectivity index (χ2v) is 40.7. The molecule has 0 amide bonds. The molecule has 12 heteroatoms. The van der Waals surface area contributed by atoms with E-state index in [1.165, 1.54) is 138 Å². The fourth-order valence-electron chi connectivity index (χ4n) is 20.8. The summed E-state index contributed by atoms with van der Waals surface area (Å²) in [6.45, 7) is 4.67. The summed E-state index contributed by atoms with van der Waals surface area (Å²) >= 11 is 5.48. The van der Waals surface area contributed by atoms with E-state index in [0.717, 1.165) is 118 Å². The zero-order chi connectivity index (χ0) is 97.1. The van der Waals surface area contributed by atoms with Crippen LogP contribution in [0, 0.1) is 0 Å². The third-order valence-corrected chi connectivity index (χ3v) is 31.7. The molecular weight excluding hydrogens is 1830 g/mol. The molecule has 1 aliphatic rings. The molecule has 0 radical (unpaired) electrons. The molecule has 0 unspecified atom stereocenters. The number of rotatable bonds is 15. The minimum absolute atomic E-state index is 0.0416. The lowest BCUT2D eigenvalue weighted by atomic mass is 9.81. The zero-order valence-electron chi connectivity index (χ0n) is 79.5. The Balaban J connectivity index is 0.000000111. The summed E-state index contributed by atoms with van der Waals surface area (Å²) in [5, 5.41) is 12.5. The summed E-state index contributed by atoms with van der Waals surface area (Å²) < 4.78 is 7.70. The smallest absolute Gasteiger partial charge is 0.161 e. The van der Waals surface area contributed by atoms with E-state index in [1.807, 2.05) is 82.9 Å². The fraction of sp³-hybridized carbons (Fsp3) is 0.0224. The third-order valence-electron chi connectivity index (χ3n) is 28.3. The van der Waals surface area contributed by atoms with E-state index in [4.69, 9.17) is 29.9 Å². The maximum Gasteiger partial charge on any atom is 0.161 e. The van der Waals surface area contributed by atoms with E-state index >= 15 is 0 Å². The molecule has 0 fully saturated rings. The van der Waals surface area contributed by atoms with Gasteiger partial charge in [0.2, 0.25) is 0 Å². The van der Waals surface area contributed by atoms with E-state index in [9.17, 15) is 0 Å². The summed E-state index contributed by atoms with van der Waals surface area (Å²) in [6, 6.07) is 162. The molecule has 146 heavy (non-hydrogen) atoms. The summed E-state index contributed by atoms with van der Waals surface area (Å²) in [5.74, 6) is 2.06. The predicted octanol–water partition coefficient (Wildman–Crippen LogP) is 36.3. The Morgan fingerprint density at radius 1 is 0.164 bits per heavy atom. The second-order valence-electron chi connectivity index (χ2n) is 37.4. The number of nitrogens with zero attached hydrogens (tertiary/aromatic N) is 9. The van der Waals surface area contributed by atoms with Gasteiger partial charge in [-0.25, -0.2) is 29.9 Å². The maximum atomic E-state index is 5.26. The van der Waals surface area contributed by atoms with Gasteiger partial charge in [-0.3, -0.25) is 15.0 Å². The van der Waals surface area contributed by atoms with Crippen LogP contribution < -0.4 is 0 Å². The van der Waals surface area contributed by atoms with Crippen LogP contribution in [0.15, 0.2) is 492 Å². The highest BCUT2D eigenvalue weighted by Gasteiger charge is 2.36. The lowest BCUT2D eigenvalue weighted by molar-refractivity contribution is 0.660. The highest BCUT2D eigenvalue weighted by atomic mass is 32.1. The molecule has 1 aliphatic carbocycles. The molecule has 28 rings (SSSR count). The van der Waals surface area contributed by atoms with Crippen LogP contribution in [-0.2, 0) is 5.41 Å². The average molecular weight is 1920 g/mol. The van der Waals surface area contributed by atoms with E-state index in [-0.39, 0.29) is 5.41 Å². The van der Waals surface area contributed by atoms with Crippen LogP contribution in [-0.4, -0.2) is 44.9 Å². The number of aromatic nitrogens is 9. The van der Waals surface area contributed by atoms with E-state index < -0.39 is 0 Å². The Morgan fingerprint density at radius 2 is 0.466 bits per heavy atom. The number of hydrogen-bond acceptors (Lipinski definition) is 12. The maximum absolute atomic E-state index is 5.26. The van der Waals surface area contributed by atoms with E-state index in [1.54, 1.807) is 18.6 Å². The average Bonchev–Trinajstić information content (AvgIpc) is 1.55. The lowest BCUT2D eigenvalue weighted by Crippen LogP contribution is -2.14. The Morgan fingerprint density at radius 3 is 0.890 bits per heavy atom. The van der Waals surface area contributed by atoms with Gasteiger partial charge in [0.25, 0.3) is 0 Å². The van der Waals surface area contributed by atoms with Crippen LogP contribution in [0.25, 0.3) is 262 Å². The normalized spacial score (nSPS) is 12.0. The first-order valence-corrected chi connectivity index (χ1v) is 51.5. The van der Waals surface area contributed by atoms with Crippen LogP contribution in [0.2, 0.25) is 0 Å². The van der Waals surface area contributed by atoms with Crippen molar-refractivity contribution in [3.05, 3.63) is 503 Å². The number of fused-ring (bicyclic) bond motifs is 14. The standard InChI is InChI=1S/C48H33N3S.2C43H27N3S/c1-48(2)41-15-7-5-12-36(41)37-23-21-32(27-42(37)48)30-17-19-31(20-18-30)43-28-44(33-22-24-46-40(26-33)38-13-6-8-16-45(38)52-46)51-47(50-43)39-14-4-3-11-35(39)34-10-9-25-49-29-34;1-2-12-33-28(9-1)10-7-16-34(33)29-18-20-30(21-19-29)39-26-40(31-22-23-42-38(25-31)36-14-5-6-17-41(36)47-42)46-43(45-39)37-15-4-3-13-35(37)32-11-8-24-44-27-32;1-2-9-31-24-32(20-17-28(31)8-1)29-15-18-30(19-16-29)39-26-40(33-21-22-42-38(25-33)36-12-5-6-14-41(36)47-42)46-43(45-39)37-13-4-3-11-35(37)34-10-7-23-44-27-34/h3-29H,1-2H3;2*1-27H. The van der Waals surface area contributed by atoms with Gasteiger partial charge in [-0.15, -0.1) is 34.0 Å². The summed E-state index contributed by atoms with van der Waals surface area (Å²) in [4.78, 5) is 44.5. The summed E-state index contributed by atoms with van der Waals surface area (Å²) in [6.07, 6.45) is 11.1. The topological polar surface area (TPSA) is 116 Å². The second kappa shape index (κ2) is 37.7. The predicted molar refractivity (Wildman–Crippen MR) is 612 cm³/mol. The van der Waals surface area contributed by atoms with Crippen LogP contribution >= 0.6 is 34.0 Å².